The molecule has 0 unspecified atom stereocenters. The van der Waals surface area contributed by atoms with E-state index in [1.54, 1.807) is 6.33 Å². The summed E-state index contributed by atoms with van der Waals surface area (Å²) in [5, 5.41) is 10.5. The summed E-state index contributed by atoms with van der Waals surface area (Å²) in [6.45, 7) is 3.36. The van der Waals surface area contributed by atoms with Crippen LogP contribution < -0.4 is 10.6 Å². The first-order valence-corrected chi connectivity index (χ1v) is 9.39. The number of nitrogens with zero attached hydrogens (tertiary/aromatic N) is 4. The number of carbonyl (C=O) groups excluding carboxylic acids is 1. The lowest BCUT2D eigenvalue weighted by atomic mass is 9.85. The van der Waals surface area contributed by atoms with Crippen molar-refractivity contribution in [2.24, 2.45) is 13.0 Å². The Kier molecular flexibility index (Phi) is 4.76. The van der Waals surface area contributed by atoms with Crippen molar-refractivity contribution in [2.75, 3.05) is 13.1 Å². The van der Waals surface area contributed by atoms with E-state index in [0.717, 1.165) is 43.8 Å². The molecule has 2 N–H and O–H groups in total. The normalized spacial score (nSPS) is 29.0. The molecular weight excluding hydrogens is 332 g/mol. The molecule has 1 amide bonds. The van der Waals surface area contributed by atoms with E-state index in [-0.39, 0.29) is 23.8 Å². The zero-order valence-corrected chi connectivity index (χ0v) is 15.3. The molecule has 140 valence electrons. The molecule has 1 aliphatic carbocycles. The highest BCUT2D eigenvalue weighted by Crippen LogP contribution is 2.33. The number of nitrogens with one attached hydrogen (secondary N) is 2. The predicted molar refractivity (Wildman–Crippen MR) is 94.5 cm³/mol. The van der Waals surface area contributed by atoms with E-state index >= 15 is 0 Å². The van der Waals surface area contributed by atoms with Gasteiger partial charge in [0.1, 0.15) is 0 Å². The molecule has 2 aliphatic rings. The summed E-state index contributed by atoms with van der Waals surface area (Å²) in [6.07, 6.45) is 7.65. The zero-order chi connectivity index (χ0) is 18.1. The van der Waals surface area contributed by atoms with Gasteiger partial charge in [-0.1, -0.05) is 5.16 Å². The molecule has 0 spiro atoms. The highest BCUT2D eigenvalue weighted by Gasteiger charge is 2.36. The Morgan fingerprint density at radius 2 is 2.12 bits per heavy atom. The molecule has 0 bridgehead atoms. The van der Waals surface area contributed by atoms with Gasteiger partial charge in [-0.3, -0.25) is 4.79 Å². The minimum absolute atomic E-state index is 0.0544. The van der Waals surface area contributed by atoms with Crippen LogP contribution in [0.25, 0.3) is 0 Å². The predicted octanol–water partition coefficient (Wildman–Crippen LogP) is 1.26. The molecule has 8 heteroatoms. The van der Waals surface area contributed by atoms with Crippen molar-refractivity contribution < 1.29 is 9.32 Å². The monoisotopic (exact) mass is 358 g/mol. The van der Waals surface area contributed by atoms with E-state index < -0.39 is 0 Å². The van der Waals surface area contributed by atoms with Gasteiger partial charge in [-0.25, -0.2) is 4.98 Å². The minimum Gasteiger partial charge on any atom is -0.353 e. The number of carbonyl (C=O) groups is 1. The lowest BCUT2D eigenvalue weighted by Crippen LogP contribution is -2.42. The SMILES string of the molecule is Cc1noc(C2CCC(NC(=O)[C@@H]3CNC[C@H]3c3cn(C)cn3)CC2)n1. The maximum Gasteiger partial charge on any atom is 0.229 e. The quantitative estimate of drug-likeness (QED) is 0.854. The number of amides is 1. The summed E-state index contributed by atoms with van der Waals surface area (Å²) in [5.41, 5.74) is 0.994. The molecule has 2 fully saturated rings. The molecule has 26 heavy (non-hydrogen) atoms. The number of hydrogen-bond acceptors (Lipinski definition) is 6. The molecule has 1 aliphatic heterocycles. The lowest BCUT2D eigenvalue weighted by Gasteiger charge is -2.28. The molecule has 0 radical (unpaired) electrons. The van der Waals surface area contributed by atoms with Gasteiger partial charge in [0.05, 0.1) is 17.9 Å². The molecule has 0 aromatic carbocycles. The van der Waals surface area contributed by atoms with Crippen LogP contribution in [0.4, 0.5) is 0 Å². The van der Waals surface area contributed by atoms with Crippen LogP contribution in [0.5, 0.6) is 0 Å². The molecule has 2 atom stereocenters. The van der Waals surface area contributed by atoms with Crippen LogP contribution in [0.1, 0.15) is 54.9 Å². The van der Waals surface area contributed by atoms with E-state index in [1.165, 1.54) is 0 Å². The summed E-state index contributed by atoms with van der Waals surface area (Å²) in [5.74, 6) is 1.98. The third kappa shape index (κ3) is 3.51. The second-order valence-corrected chi connectivity index (χ2v) is 7.57. The van der Waals surface area contributed by atoms with E-state index in [1.807, 2.05) is 24.7 Å². The van der Waals surface area contributed by atoms with Gasteiger partial charge in [-0.05, 0) is 32.6 Å². The zero-order valence-electron chi connectivity index (χ0n) is 15.3. The van der Waals surface area contributed by atoms with E-state index in [0.29, 0.717) is 18.3 Å². The topological polar surface area (TPSA) is 97.9 Å². The van der Waals surface area contributed by atoms with Gasteiger partial charge < -0.3 is 19.7 Å². The molecule has 2 aromatic heterocycles. The summed E-state index contributed by atoms with van der Waals surface area (Å²) in [4.78, 5) is 21.6. The fourth-order valence-corrected chi connectivity index (χ4v) is 4.16. The number of hydrogen-bond donors (Lipinski definition) is 2. The maximum atomic E-state index is 12.8. The molecule has 1 saturated heterocycles. The third-order valence-corrected chi connectivity index (χ3v) is 5.62. The number of rotatable bonds is 4. The molecular formula is C18H26N6O2. The van der Waals surface area contributed by atoms with Crippen molar-refractivity contribution in [3.8, 4) is 0 Å². The van der Waals surface area contributed by atoms with Gasteiger partial charge in [0.25, 0.3) is 0 Å². The standard InChI is InChI=1S/C18H26N6O2/c1-11-21-18(26-23-11)12-3-5-13(6-4-12)22-17(25)15-8-19-7-14(15)16-9-24(2)10-20-16/h9-10,12-15,19H,3-8H2,1-2H3,(H,22,25)/t12?,13?,14-,15-/m1/s1. The van der Waals surface area contributed by atoms with Crippen LogP contribution in [0, 0.1) is 12.8 Å². The van der Waals surface area contributed by atoms with Gasteiger partial charge in [-0.2, -0.15) is 4.98 Å². The van der Waals surface area contributed by atoms with Gasteiger partial charge in [0, 0.05) is 44.2 Å². The smallest absolute Gasteiger partial charge is 0.229 e. The van der Waals surface area contributed by atoms with Crippen LogP contribution in [-0.2, 0) is 11.8 Å². The van der Waals surface area contributed by atoms with Crippen molar-refractivity contribution in [3.05, 3.63) is 29.9 Å². The van der Waals surface area contributed by atoms with Crippen molar-refractivity contribution in [2.45, 2.75) is 50.5 Å². The van der Waals surface area contributed by atoms with Crippen LogP contribution in [0.2, 0.25) is 0 Å². The third-order valence-electron chi connectivity index (χ3n) is 5.62. The Labute approximate surface area is 152 Å². The molecule has 8 nitrogen and oxygen atoms in total. The number of aryl methyl sites for hydroxylation is 2. The minimum atomic E-state index is -0.0544. The first-order chi connectivity index (χ1) is 12.6. The van der Waals surface area contributed by atoms with Crippen molar-refractivity contribution in [1.29, 1.82) is 0 Å². The Balaban J connectivity index is 1.32. The first-order valence-electron chi connectivity index (χ1n) is 9.39. The molecule has 2 aromatic rings. The second-order valence-electron chi connectivity index (χ2n) is 7.57. The largest absolute Gasteiger partial charge is 0.353 e. The lowest BCUT2D eigenvalue weighted by molar-refractivity contribution is -0.125. The van der Waals surface area contributed by atoms with Crippen molar-refractivity contribution >= 4 is 5.91 Å². The summed E-state index contributed by atoms with van der Waals surface area (Å²) in [6, 6.07) is 0.229. The summed E-state index contributed by atoms with van der Waals surface area (Å²) >= 11 is 0. The van der Waals surface area contributed by atoms with Crippen LogP contribution in [-0.4, -0.2) is 44.7 Å². The molecule has 1 saturated carbocycles. The van der Waals surface area contributed by atoms with Crippen molar-refractivity contribution in [1.82, 2.24) is 30.3 Å². The van der Waals surface area contributed by atoms with Crippen LogP contribution in [0.3, 0.4) is 0 Å². The summed E-state index contributed by atoms with van der Waals surface area (Å²) in [7, 11) is 1.96. The fraction of sp³-hybridized carbons (Fsp3) is 0.667. The van der Waals surface area contributed by atoms with E-state index in [2.05, 4.69) is 25.8 Å². The Morgan fingerprint density at radius 3 is 2.77 bits per heavy atom. The summed E-state index contributed by atoms with van der Waals surface area (Å²) < 4.78 is 7.23. The Bertz CT molecular complexity index is 761. The van der Waals surface area contributed by atoms with E-state index in [4.69, 9.17) is 4.52 Å². The van der Waals surface area contributed by atoms with Gasteiger partial charge >= 0.3 is 0 Å². The van der Waals surface area contributed by atoms with Gasteiger partial charge in [0.15, 0.2) is 5.82 Å². The highest BCUT2D eigenvalue weighted by atomic mass is 16.5. The first kappa shape index (κ1) is 17.2. The molecule has 3 heterocycles. The maximum absolute atomic E-state index is 12.8. The van der Waals surface area contributed by atoms with Gasteiger partial charge in [0.2, 0.25) is 11.8 Å². The average molecular weight is 358 g/mol. The van der Waals surface area contributed by atoms with Crippen LogP contribution >= 0.6 is 0 Å². The van der Waals surface area contributed by atoms with Crippen molar-refractivity contribution in [3.63, 3.8) is 0 Å². The molecule has 4 rings (SSSR count). The van der Waals surface area contributed by atoms with E-state index in [9.17, 15) is 4.79 Å². The second kappa shape index (κ2) is 7.19. The Morgan fingerprint density at radius 1 is 1.31 bits per heavy atom. The van der Waals surface area contributed by atoms with Gasteiger partial charge in [-0.15, -0.1) is 0 Å². The average Bonchev–Trinajstić information content (AvgIpc) is 3.35. The number of aromatic nitrogens is 4. The Hall–Kier alpha value is -2.22. The number of imidazole rings is 1. The fourth-order valence-electron chi connectivity index (χ4n) is 4.16. The highest BCUT2D eigenvalue weighted by molar-refractivity contribution is 5.80. The van der Waals surface area contributed by atoms with Crippen LogP contribution in [0.15, 0.2) is 17.0 Å².